The summed E-state index contributed by atoms with van der Waals surface area (Å²) in [5.74, 6) is 1.07. The number of nitrogens with zero attached hydrogens (tertiary/aromatic N) is 2. The van der Waals surface area contributed by atoms with Crippen LogP contribution >= 0.6 is 0 Å². The Kier molecular flexibility index (Phi) is 4.66. The van der Waals surface area contributed by atoms with E-state index >= 15 is 0 Å². The highest BCUT2D eigenvalue weighted by atomic mass is 16.3. The normalized spacial score (nSPS) is 22.9. The maximum Gasteiger partial charge on any atom is 0.240 e. The van der Waals surface area contributed by atoms with Gasteiger partial charge in [-0.3, -0.25) is 4.79 Å². The van der Waals surface area contributed by atoms with Gasteiger partial charge in [-0.2, -0.15) is 0 Å². The van der Waals surface area contributed by atoms with E-state index < -0.39 is 6.10 Å². The first-order chi connectivity index (χ1) is 11.1. The molecule has 1 aliphatic rings. The van der Waals surface area contributed by atoms with E-state index in [1.165, 1.54) is 19.3 Å². The second kappa shape index (κ2) is 6.71. The van der Waals surface area contributed by atoms with Crippen LogP contribution in [0.3, 0.4) is 0 Å². The van der Waals surface area contributed by atoms with Crippen LogP contribution in [0.25, 0.3) is 11.0 Å². The van der Waals surface area contributed by atoms with E-state index in [0.717, 1.165) is 17.5 Å². The molecule has 0 saturated heterocycles. The molecule has 1 heterocycles. The van der Waals surface area contributed by atoms with E-state index in [1.54, 1.807) is 6.92 Å². The van der Waals surface area contributed by atoms with Crippen molar-refractivity contribution in [1.29, 1.82) is 0 Å². The summed E-state index contributed by atoms with van der Waals surface area (Å²) in [6.45, 7) is 4.08. The predicted octanol–water partition coefficient (Wildman–Crippen LogP) is 2.78. The van der Waals surface area contributed by atoms with Crippen molar-refractivity contribution in [3.05, 3.63) is 30.1 Å². The van der Waals surface area contributed by atoms with Crippen molar-refractivity contribution in [2.24, 2.45) is 5.92 Å². The highest BCUT2D eigenvalue weighted by Gasteiger charge is 2.24. The number of para-hydroxylation sites is 2. The molecule has 1 aliphatic carbocycles. The lowest BCUT2D eigenvalue weighted by Gasteiger charge is -2.29. The third kappa shape index (κ3) is 3.39. The number of aliphatic hydroxyl groups excluding tert-OH is 1. The lowest BCUT2D eigenvalue weighted by Crippen LogP contribution is -2.42. The van der Waals surface area contributed by atoms with Gasteiger partial charge in [-0.1, -0.05) is 31.9 Å². The molecule has 23 heavy (non-hydrogen) atoms. The van der Waals surface area contributed by atoms with Crippen LogP contribution in [0.4, 0.5) is 0 Å². The van der Waals surface area contributed by atoms with Crippen molar-refractivity contribution in [3.8, 4) is 0 Å². The molecule has 0 spiro atoms. The monoisotopic (exact) mass is 315 g/mol. The van der Waals surface area contributed by atoms with E-state index in [1.807, 2.05) is 28.8 Å². The summed E-state index contributed by atoms with van der Waals surface area (Å²) in [6, 6.07) is 7.94. The molecule has 0 radical (unpaired) electrons. The highest BCUT2D eigenvalue weighted by molar-refractivity contribution is 5.81. The molecule has 1 amide bonds. The molecule has 5 nitrogen and oxygen atoms in total. The fourth-order valence-electron chi connectivity index (χ4n) is 3.51. The van der Waals surface area contributed by atoms with Gasteiger partial charge >= 0.3 is 0 Å². The zero-order valence-electron chi connectivity index (χ0n) is 13.8. The fraction of sp³-hybridized carbons (Fsp3) is 0.556. The largest absolute Gasteiger partial charge is 0.385 e. The molecule has 0 aliphatic heterocycles. The maximum absolute atomic E-state index is 12.5. The highest BCUT2D eigenvalue weighted by Crippen LogP contribution is 2.24. The molecule has 1 saturated carbocycles. The van der Waals surface area contributed by atoms with Gasteiger partial charge in [0.1, 0.15) is 18.5 Å². The van der Waals surface area contributed by atoms with Gasteiger partial charge in [-0.05, 0) is 37.8 Å². The minimum absolute atomic E-state index is 0.00574. The summed E-state index contributed by atoms with van der Waals surface area (Å²) in [5, 5.41) is 13.1. The van der Waals surface area contributed by atoms with Gasteiger partial charge < -0.3 is 15.0 Å². The van der Waals surface area contributed by atoms with Gasteiger partial charge in [0.05, 0.1) is 11.0 Å². The van der Waals surface area contributed by atoms with Gasteiger partial charge in [0.2, 0.25) is 5.91 Å². The van der Waals surface area contributed by atoms with Crippen LogP contribution in [0.2, 0.25) is 0 Å². The smallest absolute Gasteiger partial charge is 0.240 e. The third-order valence-electron chi connectivity index (χ3n) is 4.82. The van der Waals surface area contributed by atoms with Crippen molar-refractivity contribution in [3.63, 3.8) is 0 Å². The first-order valence-corrected chi connectivity index (χ1v) is 8.49. The summed E-state index contributed by atoms with van der Waals surface area (Å²) in [7, 11) is 0. The van der Waals surface area contributed by atoms with Gasteiger partial charge in [0.15, 0.2) is 0 Å². The summed E-state index contributed by atoms with van der Waals surface area (Å²) < 4.78 is 1.82. The van der Waals surface area contributed by atoms with Crippen molar-refractivity contribution < 1.29 is 9.90 Å². The quantitative estimate of drug-likeness (QED) is 0.911. The van der Waals surface area contributed by atoms with E-state index in [2.05, 4.69) is 17.2 Å². The number of aliphatic hydroxyl groups is 1. The second-order valence-electron chi connectivity index (χ2n) is 6.66. The molecule has 2 N–H and O–H groups in total. The number of hydrogen-bond acceptors (Lipinski definition) is 3. The number of rotatable bonds is 4. The Balaban J connectivity index is 1.80. The van der Waals surface area contributed by atoms with E-state index in [9.17, 15) is 9.90 Å². The van der Waals surface area contributed by atoms with Crippen LogP contribution in [0, 0.1) is 5.92 Å². The standard InChI is InChI=1S/C18H25N3O2/c1-12-7-3-4-8-14(12)19-17(23)11-21-16-10-6-5-9-15(16)20-18(21)13(2)22/h5-6,9-10,12-14,22H,3-4,7-8,11H2,1-2H3,(H,19,23). The average Bonchev–Trinajstić information content (AvgIpc) is 2.89. The van der Waals surface area contributed by atoms with Gasteiger partial charge in [0.25, 0.3) is 0 Å². The molecule has 3 rings (SSSR count). The van der Waals surface area contributed by atoms with Crippen LogP contribution in [0.5, 0.6) is 0 Å². The SMILES string of the molecule is CC(O)c1nc2ccccc2n1CC(=O)NC1CCCCC1C. The molecular weight excluding hydrogens is 290 g/mol. The summed E-state index contributed by atoms with van der Waals surface area (Å²) in [5.41, 5.74) is 1.69. The number of carbonyl (C=O) groups is 1. The Morgan fingerprint density at radius 3 is 2.87 bits per heavy atom. The van der Waals surface area contributed by atoms with Gasteiger partial charge in [0, 0.05) is 6.04 Å². The van der Waals surface area contributed by atoms with Crippen LogP contribution in [-0.4, -0.2) is 26.6 Å². The molecule has 1 aromatic carbocycles. The van der Waals surface area contributed by atoms with Crippen molar-refractivity contribution >= 4 is 16.9 Å². The number of carbonyl (C=O) groups excluding carboxylic acids is 1. The van der Waals surface area contributed by atoms with Crippen molar-refractivity contribution in [2.45, 2.75) is 58.2 Å². The molecule has 3 unspecified atom stereocenters. The number of imidazole rings is 1. The molecular formula is C18H25N3O2. The number of benzene rings is 1. The minimum Gasteiger partial charge on any atom is -0.385 e. The Morgan fingerprint density at radius 2 is 2.13 bits per heavy atom. The number of nitrogens with one attached hydrogen (secondary N) is 1. The number of hydrogen-bond donors (Lipinski definition) is 2. The molecule has 124 valence electrons. The van der Waals surface area contributed by atoms with E-state index in [-0.39, 0.29) is 18.5 Å². The Bertz CT molecular complexity index is 693. The Labute approximate surface area is 136 Å². The molecule has 1 fully saturated rings. The van der Waals surface area contributed by atoms with Gasteiger partial charge in [-0.15, -0.1) is 0 Å². The zero-order valence-corrected chi connectivity index (χ0v) is 13.8. The van der Waals surface area contributed by atoms with Crippen molar-refractivity contribution in [1.82, 2.24) is 14.9 Å². The molecule has 2 aromatic rings. The van der Waals surface area contributed by atoms with Crippen LogP contribution < -0.4 is 5.32 Å². The summed E-state index contributed by atoms with van der Waals surface area (Å²) in [6.07, 6.45) is 3.97. The minimum atomic E-state index is -0.705. The number of amides is 1. The second-order valence-corrected chi connectivity index (χ2v) is 6.66. The predicted molar refractivity (Wildman–Crippen MR) is 89.9 cm³/mol. The molecule has 0 bridgehead atoms. The summed E-state index contributed by atoms with van der Waals surface area (Å²) >= 11 is 0. The van der Waals surface area contributed by atoms with E-state index in [0.29, 0.717) is 11.7 Å². The van der Waals surface area contributed by atoms with E-state index in [4.69, 9.17) is 0 Å². The number of aromatic nitrogens is 2. The lowest BCUT2D eigenvalue weighted by atomic mass is 9.86. The maximum atomic E-state index is 12.5. The van der Waals surface area contributed by atoms with Crippen LogP contribution in [0.15, 0.2) is 24.3 Å². The molecule has 3 atom stereocenters. The average molecular weight is 315 g/mol. The van der Waals surface area contributed by atoms with Crippen molar-refractivity contribution in [2.75, 3.05) is 0 Å². The van der Waals surface area contributed by atoms with Crippen LogP contribution in [0.1, 0.15) is 51.5 Å². The number of fused-ring (bicyclic) bond motifs is 1. The first-order valence-electron chi connectivity index (χ1n) is 8.49. The zero-order chi connectivity index (χ0) is 16.4. The topological polar surface area (TPSA) is 67.2 Å². The Morgan fingerprint density at radius 1 is 1.39 bits per heavy atom. The Hall–Kier alpha value is -1.88. The molecule has 1 aromatic heterocycles. The van der Waals surface area contributed by atoms with Crippen LogP contribution in [-0.2, 0) is 11.3 Å². The fourth-order valence-corrected chi connectivity index (χ4v) is 3.51. The first kappa shape index (κ1) is 16.0. The summed E-state index contributed by atoms with van der Waals surface area (Å²) in [4.78, 5) is 17.0. The lowest BCUT2D eigenvalue weighted by molar-refractivity contribution is -0.122. The molecule has 5 heteroatoms. The van der Waals surface area contributed by atoms with Gasteiger partial charge in [-0.25, -0.2) is 4.98 Å². The third-order valence-corrected chi connectivity index (χ3v) is 4.82.